The number of rotatable bonds is 6. The van der Waals surface area contributed by atoms with E-state index in [0.717, 1.165) is 18.6 Å². The van der Waals surface area contributed by atoms with Crippen LogP contribution in [0.25, 0.3) is 0 Å². The molecule has 0 atom stereocenters. The van der Waals surface area contributed by atoms with Gasteiger partial charge in [-0.1, -0.05) is 32.9 Å². The summed E-state index contributed by atoms with van der Waals surface area (Å²) in [7, 11) is 0. The van der Waals surface area contributed by atoms with Gasteiger partial charge < -0.3 is 9.53 Å². The van der Waals surface area contributed by atoms with Gasteiger partial charge in [0.1, 0.15) is 11.5 Å². The molecule has 0 unspecified atom stereocenters. The van der Waals surface area contributed by atoms with Gasteiger partial charge in [0.15, 0.2) is 0 Å². The van der Waals surface area contributed by atoms with Crippen molar-refractivity contribution in [1.29, 1.82) is 0 Å². The molecule has 2 heteroatoms. The smallest absolute Gasteiger partial charge is 0.129 e. The van der Waals surface area contributed by atoms with Crippen molar-refractivity contribution in [3.05, 3.63) is 29.3 Å². The molecular weight excluding hydrogens is 236 g/mol. The second-order valence-corrected chi connectivity index (χ2v) is 6.06. The summed E-state index contributed by atoms with van der Waals surface area (Å²) in [5.74, 6) is 1.21. The molecule has 0 fully saturated rings. The van der Waals surface area contributed by atoms with Gasteiger partial charge in [-0.15, -0.1) is 0 Å². The number of benzene rings is 1. The molecule has 0 aliphatic rings. The monoisotopic (exact) mass is 262 g/mol. The van der Waals surface area contributed by atoms with E-state index in [4.69, 9.17) is 4.74 Å². The molecule has 106 valence electrons. The highest BCUT2D eigenvalue weighted by atomic mass is 16.5. The minimum Gasteiger partial charge on any atom is -0.494 e. The van der Waals surface area contributed by atoms with E-state index in [1.54, 1.807) is 6.92 Å². The van der Waals surface area contributed by atoms with Gasteiger partial charge in [0.25, 0.3) is 0 Å². The van der Waals surface area contributed by atoms with Gasteiger partial charge in [-0.25, -0.2) is 0 Å². The fraction of sp³-hybridized carbons (Fsp3) is 0.588. The van der Waals surface area contributed by atoms with Crippen molar-refractivity contribution in [1.82, 2.24) is 0 Å². The van der Waals surface area contributed by atoms with Crippen LogP contribution in [0, 0.1) is 0 Å². The van der Waals surface area contributed by atoms with Crippen LogP contribution in [-0.4, -0.2) is 12.4 Å². The lowest BCUT2D eigenvalue weighted by molar-refractivity contribution is -0.117. The van der Waals surface area contributed by atoms with Gasteiger partial charge in [0.2, 0.25) is 0 Å². The van der Waals surface area contributed by atoms with E-state index in [1.165, 1.54) is 11.1 Å². The Morgan fingerprint density at radius 1 is 1.26 bits per heavy atom. The number of carbonyl (C=O) groups is 1. The fourth-order valence-electron chi connectivity index (χ4n) is 2.07. The average Bonchev–Trinajstić information content (AvgIpc) is 2.29. The maximum atomic E-state index is 11.0. The van der Waals surface area contributed by atoms with E-state index in [0.29, 0.717) is 13.0 Å². The summed E-state index contributed by atoms with van der Waals surface area (Å²) in [5.41, 5.74) is 2.67. The normalized spacial score (nSPS) is 11.4. The first-order valence-corrected chi connectivity index (χ1v) is 7.10. The lowest BCUT2D eigenvalue weighted by atomic mass is 9.85. The van der Waals surface area contributed by atoms with E-state index in [2.05, 4.69) is 39.0 Å². The van der Waals surface area contributed by atoms with Crippen LogP contribution in [0.5, 0.6) is 5.75 Å². The van der Waals surface area contributed by atoms with Crippen molar-refractivity contribution in [3.63, 3.8) is 0 Å². The first-order valence-electron chi connectivity index (χ1n) is 7.10. The molecule has 0 radical (unpaired) electrons. The second kappa shape index (κ2) is 6.74. The van der Waals surface area contributed by atoms with E-state index >= 15 is 0 Å². The third kappa shape index (κ3) is 5.06. The Hall–Kier alpha value is -1.31. The number of ether oxygens (including phenoxy) is 1. The summed E-state index contributed by atoms with van der Waals surface area (Å²) < 4.78 is 5.68. The lowest BCUT2D eigenvalue weighted by Gasteiger charge is -2.21. The van der Waals surface area contributed by atoms with Crippen LogP contribution in [0.2, 0.25) is 0 Å². The molecule has 1 aromatic rings. The van der Waals surface area contributed by atoms with Crippen LogP contribution in [0.3, 0.4) is 0 Å². The van der Waals surface area contributed by atoms with Crippen LogP contribution in [0.1, 0.15) is 58.6 Å². The third-order valence-electron chi connectivity index (χ3n) is 3.20. The van der Waals surface area contributed by atoms with Crippen LogP contribution >= 0.6 is 0 Å². The van der Waals surface area contributed by atoms with Crippen LogP contribution in [-0.2, 0) is 16.6 Å². The Morgan fingerprint density at radius 2 is 1.95 bits per heavy atom. The summed E-state index contributed by atoms with van der Waals surface area (Å²) in [6, 6.07) is 6.43. The molecule has 0 aromatic heterocycles. The van der Waals surface area contributed by atoms with Gasteiger partial charge in [-0.05, 0) is 49.3 Å². The fourth-order valence-corrected chi connectivity index (χ4v) is 2.07. The predicted octanol–water partition coefficient (Wildman–Crippen LogP) is 4.29. The second-order valence-electron chi connectivity index (χ2n) is 6.06. The molecule has 1 rings (SSSR count). The molecule has 0 saturated carbocycles. The van der Waals surface area contributed by atoms with E-state index in [1.807, 2.05) is 6.92 Å². The molecule has 0 aliphatic heterocycles. The molecular formula is C17H26O2. The molecule has 0 spiro atoms. The Bertz CT molecular complexity index is 427. The molecule has 2 nitrogen and oxygen atoms in total. The average molecular weight is 262 g/mol. The van der Waals surface area contributed by atoms with Gasteiger partial charge in [-0.2, -0.15) is 0 Å². The zero-order chi connectivity index (χ0) is 14.5. The summed E-state index contributed by atoms with van der Waals surface area (Å²) in [6.45, 7) is 11.0. The van der Waals surface area contributed by atoms with Crippen molar-refractivity contribution in [2.24, 2.45) is 0 Å². The van der Waals surface area contributed by atoms with Crippen LogP contribution < -0.4 is 4.74 Å². The SMILES string of the molecule is CCOc1ccc(C(C)(C)C)cc1CCCC(C)=O. The van der Waals surface area contributed by atoms with Crippen LogP contribution in [0.15, 0.2) is 18.2 Å². The lowest BCUT2D eigenvalue weighted by Crippen LogP contribution is -2.12. The molecule has 0 bridgehead atoms. The first-order chi connectivity index (χ1) is 8.84. The van der Waals surface area contributed by atoms with Crippen molar-refractivity contribution in [2.45, 2.75) is 59.3 Å². The van der Waals surface area contributed by atoms with Gasteiger partial charge in [0.05, 0.1) is 6.61 Å². The molecule has 1 aromatic carbocycles. The van der Waals surface area contributed by atoms with Crippen molar-refractivity contribution < 1.29 is 9.53 Å². The molecule has 19 heavy (non-hydrogen) atoms. The van der Waals surface area contributed by atoms with E-state index in [-0.39, 0.29) is 11.2 Å². The summed E-state index contributed by atoms with van der Waals surface area (Å²) in [6.07, 6.45) is 2.44. The predicted molar refractivity (Wildman–Crippen MR) is 79.9 cm³/mol. The number of hydrogen-bond donors (Lipinski definition) is 0. The van der Waals surface area contributed by atoms with Gasteiger partial charge >= 0.3 is 0 Å². The number of ketones is 1. The minimum atomic E-state index is 0.139. The number of hydrogen-bond acceptors (Lipinski definition) is 2. The molecule has 0 amide bonds. The van der Waals surface area contributed by atoms with E-state index in [9.17, 15) is 4.79 Å². The molecule has 0 aliphatic carbocycles. The number of carbonyl (C=O) groups excluding carboxylic acids is 1. The van der Waals surface area contributed by atoms with Crippen LogP contribution in [0.4, 0.5) is 0 Å². The highest BCUT2D eigenvalue weighted by molar-refractivity contribution is 5.75. The van der Waals surface area contributed by atoms with Gasteiger partial charge in [0, 0.05) is 6.42 Å². The molecule has 0 heterocycles. The number of aryl methyl sites for hydroxylation is 1. The largest absolute Gasteiger partial charge is 0.494 e. The highest BCUT2D eigenvalue weighted by Gasteiger charge is 2.16. The van der Waals surface area contributed by atoms with Crippen molar-refractivity contribution >= 4 is 5.78 Å². The van der Waals surface area contributed by atoms with E-state index < -0.39 is 0 Å². The zero-order valence-electron chi connectivity index (χ0n) is 12.9. The van der Waals surface area contributed by atoms with Crippen molar-refractivity contribution in [2.75, 3.05) is 6.61 Å². The maximum Gasteiger partial charge on any atom is 0.129 e. The Kier molecular flexibility index (Phi) is 5.59. The summed E-state index contributed by atoms with van der Waals surface area (Å²) in [4.78, 5) is 11.0. The Morgan fingerprint density at radius 3 is 2.47 bits per heavy atom. The number of Topliss-reactive ketones (excluding diaryl/α,β-unsaturated/α-hetero) is 1. The summed E-state index contributed by atoms with van der Waals surface area (Å²) >= 11 is 0. The topological polar surface area (TPSA) is 26.3 Å². The van der Waals surface area contributed by atoms with Crippen molar-refractivity contribution in [3.8, 4) is 5.75 Å². The minimum absolute atomic E-state index is 0.139. The molecule has 0 saturated heterocycles. The third-order valence-corrected chi connectivity index (χ3v) is 3.20. The molecule has 0 N–H and O–H groups in total. The zero-order valence-corrected chi connectivity index (χ0v) is 12.9. The first kappa shape index (κ1) is 15.7. The van der Waals surface area contributed by atoms with Gasteiger partial charge in [-0.3, -0.25) is 0 Å². The Labute approximate surface area is 117 Å². The standard InChI is InChI=1S/C17H26O2/c1-6-19-16-11-10-15(17(3,4)5)12-14(16)9-7-8-13(2)18/h10-12H,6-9H2,1-5H3. The summed E-state index contributed by atoms with van der Waals surface area (Å²) in [5, 5.41) is 0. The highest BCUT2D eigenvalue weighted by Crippen LogP contribution is 2.29. The maximum absolute atomic E-state index is 11.0. The Balaban J connectivity index is 2.91. The quantitative estimate of drug-likeness (QED) is 0.764.